The topological polar surface area (TPSA) is 55.6 Å². The Bertz CT molecular complexity index is 782. The summed E-state index contributed by atoms with van der Waals surface area (Å²) in [6.45, 7) is 4.03. The molecule has 0 aliphatic heterocycles. The van der Waals surface area contributed by atoms with E-state index in [4.69, 9.17) is 4.74 Å². The SMILES string of the molecule is COc1cccn2c(C(=O)NC(C)C3CC4CCC3C4)c(C)nc12. The molecule has 0 aromatic carbocycles. The second kappa shape index (κ2) is 5.80. The fourth-order valence-electron chi connectivity index (χ4n) is 4.88. The number of hydrogen-bond acceptors (Lipinski definition) is 3. The number of carbonyl (C=O) groups excluding carboxylic acids is 1. The van der Waals surface area contributed by atoms with Crippen molar-refractivity contribution < 1.29 is 9.53 Å². The summed E-state index contributed by atoms with van der Waals surface area (Å²) in [6, 6.07) is 3.95. The lowest BCUT2D eigenvalue weighted by Gasteiger charge is -2.28. The van der Waals surface area contributed by atoms with E-state index in [0.29, 0.717) is 23.0 Å². The van der Waals surface area contributed by atoms with Crippen LogP contribution in [0.5, 0.6) is 5.75 Å². The molecule has 2 aromatic rings. The third-order valence-electron chi connectivity index (χ3n) is 6.02. The zero-order valence-electron chi connectivity index (χ0n) is 14.6. The first kappa shape index (κ1) is 15.5. The van der Waals surface area contributed by atoms with Gasteiger partial charge in [-0.05, 0) is 63.0 Å². The first-order chi connectivity index (χ1) is 11.6. The Hall–Kier alpha value is -2.04. The number of nitrogens with zero attached hydrogens (tertiary/aromatic N) is 2. The van der Waals surface area contributed by atoms with Gasteiger partial charge in [0.05, 0.1) is 12.8 Å². The van der Waals surface area contributed by atoms with Crippen LogP contribution in [-0.4, -0.2) is 28.4 Å². The number of fused-ring (bicyclic) bond motifs is 3. The Morgan fingerprint density at radius 1 is 1.42 bits per heavy atom. The van der Waals surface area contributed by atoms with Crippen molar-refractivity contribution in [2.45, 2.75) is 45.6 Å². The van der Waals surface area contributed by atoms with Gasteiger partial charge in [-0.3, -0.25) is 9.20 Å². The fourth-order valence-corrected chi connectivity index (χ4v) is 4.88. The zero-order chi connectivity index (χ0) is 16.8. The Morgan fingerprint density at radius 2 is 2.25 bits per heavy atom. The molecule has 1 N–H and O–H groups in total. The van der Waals surface area contributed by atoms with E-state index in [9.17, 15) is 4.79 Å². The van der Waals surface area contributed by atoms with E-state index in [1.807, 2.05) is 29.7 Å². The molecule has 2 aliphatic rings. The van der Waals surface area contributed by atoms with E-state index >= 15 is 0 Å². The minimum Gasteiger partial charge on any atom is -0.493 e. The van der Waals surface area contributed by atoms with Crippen molar-refractivity contribution in [3.63, 3.8) is 0 Å². The van der Waals surface area contributed by atoms with Crippen LogP contribution >= 0.6 is 0 Å². The summed E-state index contributed by atoms with van der Waals surface area (Å²) in [5.41, 5.74) is 2.03. The number of imidazole rings is 1. The normalized spacial score (nSPS) is 26.7. The molecule has 128 valence electrons. The molecular weight excluding hydrogens is 302 g/mol. The van der Waals surface area contributed by atoms with Gasteiger partial charge in [0.25, 0.3) is 5.91 Å². The third-order valence-corrected chi connectivity index (χ3v) is 6.02. The molecule has 2 aliphatic carbocycles. The maximum Gasteiger partial charge on any atom is 0.270 e. The van der Waals surface area contributed by atoms with Crippen molar-refractivity contribution in [2.75, 3.05) is 7.11 Å². The van der Waals surface area contributed by atoms with Crippen molar-refractivity contribution >= 4 is 11.6 Å². The monoisotopic (exact) mass is 327 g/mol. The Morgan fingerprint density at radius 3 is 2.92 bits per heavy atom. The van der Waals surface area contributed by atoms with Gasteiger partial charge in [-0.2, -0.15) is 0 Å². The van der Waals surface area contributed by atoms with E-state index < -0.39 is 0 Å². The highest BCUT2D eigenvalue weighted by Gasteiger charge is 2.42. The van der Waals surface area contributed by atoms with Gasteiger partial charge < -0.3 is 10.1 Å². The molecule has 5 heteroatoms. The molecule has 1 amide bonds. The van der Waals surface area contributed by atoms with Crippen LogP contribution in [0, 0.1) is 24.7 Å². The van der Waals surface area contributed by atoms with Gasteiger partial charge in [-0.15, -0.1) is 0 Å². The molecule has 0 radical (unpaired) electrons. The minimum atomic E-state index is -0.0384. The molecule has 4 rings (SSSR count). The second-order valence-electron chi connectivity index (χ2n) is 7.42. The van der Waals surface area contributed by atoms with Crippen molar-refractivity contribution in [3.8, 4) is 5.75 Å². The van der Waals surface area contributed by atoms with Gasteiger partial charge >= 0.3 is 0 Å². The lowest BCUT2D eigenvalue weighted by molar-refractivity contribution is 0.0908. The number of hydrogen-bond donors (Lipinski definition) is 1. The Labute approximate surface area is 142 Å². The fraction of sp³-hybridized carbons (Fsp3) is 0.579. The highest BCUT2D eigenvalue weighted by atomic mass is 16.5. The number of amides is 1. The molecule has 2 aromatic heterocycles. The summed E-state index contributed by atoms with van der Waals surface area (Å²) in [5.74, 6) is 2.96. The second-order valence-corrected chi connectivity index (χ2v) is 7.42. The van der Waals surface area contributed by atoms with Crippen molar-refractivity contribution in [2.24, 2.45) is 17.8 Å². The van der Waals surface area contributed by atoms with Crippen LogP contribution < -0.4 is 10.1 Å². The highest BCUT2D eigenvalue weighted by molar-refractivity contribution is 5.95. The molecule has 5 nitrogen and oxygen atoms in total. The van der Waals surface area contributed by atoms with Crippen molar-refractivity contribution in [1.82, 2.24) is 14.7 Å². The average molecular weight is 327 g/mol. The lowest BCUT2D eigenvalue weighted by Crippen LogP contribution is -2.40. The van der Waals surface area contributed by atoms with Gasteiger partial charge in [0.2, 0.25) is 0 Å². The highest BCUT2D eigenvalue weighted by Crippen LogP contribution is 2.49. The van der Waals surface area contributed by atoms with Crippen LogP contribution in [0.1, 0.15) is 48.8 Å². The van der Waals surface area contributed by atoms with Gasteiger partial charge in [-0.1, -0.05) is 6.42 Å². The number of methoxy groups -OCH3 is 1. The number of aromatic nitrogens is 2. The van der Waals surface area contributed by atoms with Gasteiger partial charge in [0.15, 0.2) is 11.4 Å². The average Bonchev–Trinajstić information content (AvgIpc) is 3.26. The predicted molar refractivity (Wildman–Crippen MR) is 92.3 cm³/mol. The van der Waals surface area contributed by atoms with Crippen LogP contribution in [0.4, 0.5) is 0 Å². The summed E-state index contributed by atoms with van der Waals surface area (Å²) in [7, 11) is 1.62. The van der Waals surface area contributed by atoms with Gasteiger partial charge in [-0.25, -0.2) is 4.98 Å². The van der Waals surface area contributed by atoms with Crippen LogP contribution in [0.15, 0.2) is 18.3 Å². The van der Waals surface area contributed by atoms with E-state index in [1.54, 1.807) is 7.11 Å². The maximum absolute atomic E-state index is 12.9. The van der Waals surface area contributed by atoms with E-state index in [-0.39, 0.29) is 11.9 Å². The third kappa shape index (κ3) is 2.38. The van der Waals surface area contributed by atoms with Crippen molar-refractivity contribution in [3.05, 3.63) is 29.7 Å². The largest absolute Gasteiger partial charge is 0.493 e. The number of nitrogens with one attached hydrogen (secondary N) is 1. The number of pyridine rings is 1. The standard InChI is InChI=1S/C19H25N3O2/c1-11(15-10-13-6-7-14(15)9-13)21-19(23)17-12(2)20-18-16(24-3)5-4-8-22(17)18/h4-5,8,11,13-15H,6-7,9-10H2,1-3H3,(H,21,23). The Balaban J connectivity index is 1.58. The summed E-state index contributed by atoms with van der Waals surface area (Å²) < 4.78 is 7.19. The quantitative estimate of drug-likeness (QED) is 0.938. The van der Waals surface area contributed by atoms with E-state index in [0.717, 1.165) is 17.5 Å². The number of aryl methyl sites for hydroxylation is 1. The molecular formula is C19H25N3O2. The Kier molecular flexibility index (Phi) is 3.74. The van der Waals surface area contributed by atoms with Crippen LogP contribution in [0.3, 0.4) is 0 Å². The molecule has 2 saturated carbocycles. The maximum atomic E-state index is 12.9. The molecule has 24 heavy (non-hydrogen) atoms. The summed E-state index contributed by atoms with van der Waals surface area (Å²) >= 11 is 0. The molecule has 2 fully saturated rings. The molecule has 2 bridgehead atoms. The van der Waals surface area contributed by atoms with Gasteiger partial charge in [0.1, 0.15) is 5.69 Å². The summed E-state index contributed by atoms with van der Waals surface area (Å²) in [4.78, 5) is 17.4. The van der Waals surface area contributed by atoms with E-state index in [2.05, 4.69) is 17.2 Å². The lowest BCUT2D eigenvalue weighted by atomic mass is 9.84. The molecule has 4 atom stereocenters. The molecule has 0 spiro atoms. The minimum absolute atomic E-state index is 0.0384. The smallest absolute Gasteiger partial charge is 0.270 e. The number of rotatable bonds is 4. The van der Waals surface area contributed by atoms with Crippen molar-refractivity contribution in [1.29, 1.82) is 0 Å². The van der Waals surface area contributed by atoms with Crippen LogP contribution in [0.2, 0.25) is 0 Å². The zero-order valence-corrected chi connectivity index (χ0v) is 14.6. The first-order valence-electron chi connectivity index (χ1n) is 8.91. The first-order valence-corrected chi connectivity index (χ1v) is 8.91. The molecule has 0 saturated heterocycles. The predicted octanol–water partition coefficient (Wildman–Crippen LogP) is 3.21. The van der Waals surface area contributed by atoms with Crippen LogP contribution in [-0.2, 0) is 0 Å². The summed E-state index contributed by atoms with van der Waals surface area (Å²) in [5, 5.41) is 3.24. The molecule has 4 unspecified atom stereocenters. The van der Waals surface area contributed by atoms with E-state index in [1.165, 1.54) is 25.7 Å². The number of ether oxygens (including phenoxy) is 1. The molecule has 2 heterocycles. The summed E-state index contributed by atoms with van der Waals surface area (Å²) in [6.07, 6.45) is 7.22. The van der Waals surface area contributed by atoms with Gasteiger partial charge in [0, 0.05) is 12.2 Å². The number of carbonyl (C=O) groups is 1. The van der Waals surface area contributed by atoms with Crippen LogP contribution in [0.25, 0.3) is 5.65 Å².